The van der Waals surface area contributed by atoms with Gasteiger partial charge in [0.05, 0.1) is 33.0 Å². The Morgan fingerprint density at radius 2 is 0.894 bits per heavy atom. The Labute approximate surface area is 277 Å². The number of hydrogen-bond acceptors (Lipinski definition) is 6. The van der Waals surface area contributed by atoms with Crippen LogP contribution in [0.25, 0.3) is 0 Å². The van der Waals surface area contributed by atoms with Gasteiger partial charge >= 0.3 is 0 Å². The van der Waals surface area contributed by atoms with Gasteiger partial charge in [-0.1, -0.05) is 139 Å². The summed E-state index contributed by atoms with van der Waals surface area (Å²) in [6, 6.07) is 48.4. The van der Waals surface area contributed by atoms with Crippen LogP contribution in [-0.2, 0) is 50.1 Å². The fourth-order valence-corrected chi connectivity index (χ4v) is 5.59. The molecule has 0 saturated carbocycles. The quantitative estimate of drug-likeness (QED) is 0.117. The third-order valence-electron chi connectivity index (χ3n) is 8.11. The Balaban J connectivity index is 1.31. The highest BCUT2D eigenvalue weighted by Crippen LogP contribution is 2.32. The van der Waals surface area contributed by atoms with Crippen LogP contribution in [0.3, 0.4) is 0 Å². The number of benzene rings is 5. The third kappa shape index (κ3) is 9.61. The van der Waals surface area contributed by atoms with E-state index in [0.29, 0.717) is 32.2 Å². The molecule has 6 nitrogen and oxygen atoms in total. The molecule has 6 rings (SSSR count). The van der Waals surface area contributed by atoms with Crippen LogP contribution in [0.15, 0.2) is 146 Å². The predicted octanol–water partition coefficient (Wildman–Crippen LogP) is 8.07. The molecule has 1 aliphatic heterocycles. The highest BCUT2D eigenvalue weighted by Gasteiger charge is 2.49. The third-order valence-corrected chi connectivity index (χ3v) is 8.11. The largest absolute Gasteiger partial charge is 0.462 e. The summed E-state index contributed by atoms with van der Waals surface area (Å²) in [5, 5.41) is 0. The van der Waals surface area contributed by atoms with Gasteiger partial charge in [0.25, 0.3) is 0 Å². The zero-order valence-corrected chi connectivity index (χ0v) is 26.7. The maximum Gasteiger partial charge on any atom is 0.229 e. The van der Waals surface area contributed by atoms with Crippen molar-refractivity contribution in [3.05, 3.63) is 173 Å². The van der Waals surface area contributed by atoms with Crippen molar-refractivity contribution in [2.75, 3.05) is 6.61 Å². The summed E-state index contributed by atoms with van der Waals surface area (Å²) < 4.78 is 39.8. The molecule has 5 aromatic carbocycles. The molecule has 0 aliphatic carbocycles. The number of hydrogen-bond donors (Lipinski definition) is 0. The molecule has 1 fully saturated rings. The molecule has 5 atom stereocenters. The van der Waals surface area contributed by atoms with E-state index in [1.165, 1.54) is 0 Å². The molecule has 5 aromatic rings. The average Bonchev–Trinajstić information content (AvgIpc) is 3.12. The van der Waals surface area contributed by atoms with Crippen LogP contribution in [0, 0.1) is 6.92 Å². The fraction of sp³-hybridized carbons (Fsp3) is 0.268. The molecule has 1 saturated heterocycles. The average molecular weight is 631 g/mol. The topological polar surface area (TPSA) is 55.4 Å². The van der Waals surface area contributed by atoms with E-state index in [-0.39, 0.29) is 6.61 Å². The highest BCUT2D eigenvalue weighted by molar-refractivity contribution is 5.27. The summed E-state index contributed by atoms with van der Waals surface area (Å²) in [5.74, 6) is 0.684. The zero-order chi connectivity index (χ0) is 32.1. The number of ether oxygens (including phenoxy) is 6. The first-order valence-corrected chi connectivity index (χ1v) is 16.2. The Hall–Kier alpha value is -4.30. The van der Waals surface area contributed by atoms with Crippen molar-refractivity contribution in [2.45, 2.75) is 64.1 Å². The minimum absolute atomic E-state index is 0.276. The maximum atomic E-state index is 6.79. The molecule has 47 heavy (non-hydrogen) atoms. The molecule has 0 radical (unpaired) electrons. The molecule has 0 bridgehead atoms. The lowest BCUT2D eigenvalue weighted by Crippen LogP contribution is -2.62. The Morgan fingerprint density at radius 3 is 1.38 bits per heavy atom. The van der Waals surface area contributed by atoms with E-state index in [0.717, 1.165) is 27.8 Å². The second-order valence-electron chi connectivity index (χ2n) is 11.8. The van der Waals surface area contributed by atoms with E-state index in [2.05, 4.69) is 31.2 Å². The first-order valence-electron chi connectivity index (χ1n) is 16.2. The zero-order valence-electron chi connectivity index (χ0n) is 26.7. The van der Waals surface area contributed by atoms with Crippen molar-refractivity contribution >= 4 is 0 Å². The number of rotatable bonds is 15. The summed E-state index contributed by atoms with van der Waals surface area (Å²) in [7, 11) is 0. The van der Waals surface area contributed by atoms with E-state index in [1.807, 2.05) is 121 Å². The lowest BCUT2D eigenvalue weighted by Gasteiger charge is -2.45. The smallest absolute Gasteiger partial charge is 0.229 e. The van der Waals surface area contributed by atoms with Crippen molar-refractivity contribution in [1.29, 1.82) is 0 Å². The first kappa shape index (κ1) is 32.6. The van der Waals surface area contributed by atoms with Gasteiger partial charge in [-0.2, -0.15) is 0 Å². The van der Waals surface area contributed by atoms with Gasteiger partial charge in [0.2, 0.25) is 6.29 Å². The Morgan fingerprint density at radius 1 is 0.468 bits per heavy atom. The van der Waals surface area contributed by atoms with Gasteiger partial charge in [-0.3, -0.25) is 0 Å². The summed E-state index contributed by atoms with van der Waals surface area (Å²) in [5.41, 5.74) is 5.37. The molecule has 3 unspecified atom stereocenters. The molecular weight excluding hydrogens is 588 g/mol. The van der Waals surface area contributed by atoms with Gasteiger partial charge in [0.1, 0.15) is 30.2 Å². The van der Waals surface area contributed by atoms with Crippen LogP contribution in [0.2, 0.25) is 0 Å². The van der Waals surface area contributed by atoms with Crippen molar-refractivity contribution in [3.8, 4) is 5.75 Å². The van der Waals surface area contributed by atoms with Crippen molar-refractivity contribution in [2.24, 2.45) is 0 Å². The van der Waals surface area contributed by atoms with Crippen molar-refractivity contribution < 1.29 is 28.4 Å². The highest BCUT2D eigenvalue weighted by atomic mass is 16.7. The molecular formula is C41H42O6. The van der Waals surface area contributed by atoms with E-state index < -0.39 is 30.7 Å². The van der Waals surface area contributed by atoms with Crippen molar-refractivity contribution in [3.63, 3.8) is 0 Å². The van der Waals surface area contributed by atoms with Crippen LogP contribution in [0.5, 0.6) is 5.75 Å². The summed E-state index contributed by atoms with van der Waals surface area (Å²) in [4.78, 5) is 0. The van der Waals surface area contributed by atoms with Crippen LogP contribution >= 0.6 is 0 Å². The number of aryl methyl sites for hydroxylation is 1. The molecule has 1 heterocycles. The minimum Gasteiger partial charge on any atom is -0.462 e. The molecule has 0 N–H and O–H groups in total. The Bertz CT molecular complexity index is 1580. The minimum atomic E-state index is -0.788. The second kappa shape index (κ2) is 17.0. The van der Waals surface area contributed by atoms with Gasteiger partial charge in [0, 0.05) is 0 Å². The monoisotopic (exact) mass is 630 g/mol. The van der Waals surface area contributed by atoms with Gasteiger partial charge in [-0.25, -0.2) is 0 Å². The van der Waals surface area contributed by atoms with Crippen LogP contribution in [0.4, 0.5) is 0 Å². The van der Waals surface area contributed by atoms with Crippen molar-refractivity contribution in [1.82, 2.24) is 0 Å². The van der Waals surface area contributed by atoms with Gasteiger partial charge in [-0.05, 0) is 41.3 Å². The van der Waals surface area contributed by atoms with E-state index in [4.69, 9.17) is 28.4 Å². The second-order valence-corrected chi connectivity index (χ2v) is 11.8. The van der Waals surface area contributed by atoms with Gasteiger partial charge < -0.3 is 28.4 Å². The van der Waals surface area contributed by atoms with E-state index in [1.54, 1.807) is 0 Å². The molecule has 242 valence electrons. The lowest BCUT2D eigenvalue weighted by atomic mass is 9.97. The molecule has 0 spiro atoms. The predicted molar refractivity (Wildman–Crippen MR) is 182 cm³/mol. The summed E-state index contributed by atoms with van der Waals surface area (Å²) in [6.07, 6.45) is -2.98. The fourth-order valence-electron chi connectivity index (χ4n) is 5.59. The van der Waals surface area contributed by atoms with E-state index in [9.17, 15) is 0 Å². The molecule has 0 amide bonds. The van der Waals surface area contributed by atoms with Gasteiger partial charge in [-0.15, -0.1) is 0 Å². The SMILES string of the molecule is Cc1ccc(O[C@@H]2OC(COCc3ccccc3)[C@@H](OCc3ccccc3)C(OCc3ccccc3)C2OCc2ccccc2)cc1. The first-order chi connectivity index (χ1) is 23.2. The Kier molecular flexibility index (Phi) is 11.8. The van der Waals surface area contributed by atoms with Gasteiger partial charge in [0.15, 0.2) is 0 Å². The molecule has 6 heteroatoms. The summed E-state index contributed by atoms with van der Waals surface area (Å²) in [6.45, 7) is 3.88. The molecule has 1 aliphatic rings. The summed E-state index contributed by atoms with van der Waals surface area (Å²) >= 11 is 0. The van der Waals surface area contributed by atoms with Crippen LogP contribution in [0.1, 0.15) is 27.8 Å². The lowest BCUT2D eigenvalue weighted by molar-refractivity contribution is -0.310. The maximum absolute atomic E-state index is 6.79. The van der Waals surface area contributed by atoms with Crippen LogP contribution in [-0.4, -0.2) is 37.3 Å². The normalized spacial score (nSPS) is 20.9. The van der Waals surface area contributed by atoms with E-state index >= 15 is 0 Å². The van der Waals surface area contributed by atoms with Crippen LogP contribution < -0.4 is 4.74 Å². The molecule has 0 aromatic heterocycles. The standard InChI is InChI=1S/C41H42O6/c1-31-22-24-36(25-23-31)46-41-40(45-29-35-20-12-5-13-21-35)39(44-28-34-18-10-4-11-19-34)38(43-27-33-16-8-3-9-17-33)37(47-41)30-42-26-32-14-6-2-7-15-32/h2-25,37-41H,26-30H2,1H3/t37?,38-,39?,40?,41-/m1/s1.